The maximum Gasteiger partial charge on any atom is 0.258 e. The number of benzene rings is 2. The minimum Gasteiger partial charge on any atom is -0.484 e. The van der Waals surface area contributed by atoms with Gasteiger partial charge in [0.05, 0.1) is 6.04 Å². The highest BCUT2D eigenvalue weighted by Crippen LogP contribution is 2.17. The molecule has 0 heterocycles. The normalized spacial score (nSPS) is 11.6. The first-order valence-corrected chi connectivity index (χ1v) is 7.66. The summed E-state index contributed by atoms with van der Waals surface area (Å²) in [4.78, 5) is 22.6. The van der Waals surface area contributed by atoms with Gasteiger partial charge in [-0.25, -0.2) is 0 Å². The van der Waals surface area contributed by atoms with E-state index in [0.717, 1.165) is 18.3 Å². The molecule has 1 atom stereocenters. The molecule has 0 aromatic heterocycles. The standard InChI is InChI=1S/C19H21NO3/c1-3-18(16-8-4-14(2)5-9-16)20-19(22)13-23-17-10-6-15(12-21)7-11-17/h4-12,18H,3,13H2,1-2H3,(H,20,22). The Morgan fingerprint density at radius 1 is 1.13 bits per heavy atom. The van der Waals surface area contributed by atoms with E-state index in [1.54, 1.807) is 24.3 Å². The number of aldehydes is 1. The first-order valence-electron chi connectivity index (χ1n) is 7.66. The van der Waals surface area contributed by atoms with Crippen LogP contribution in [-0.2, 0) is 4.79 Å². The Labute approximate surface area is 136 Å². The molecule has 1 N–H and O–H groups in total. The molecular weight excluding hydrogens is 290 g/mol. The maximum atomic E-state index is 12.1. The molecule has 0 aliphatic heterocycles. The van der Waals surface area contributed by atoms with Crippen molar-refractivity contribution in [1.82, 2.24) is 5.32 Å². The average Bonchev–Trinajstić information content (AvgIpc) is 2.59. The molecule has 0 fully saturated rings. The molecule has 2 rings (SSSR count). The van der Waals surface area contributed by atoms with Crippen LogP contribution in [0.4, 0.5) is 0 Å². The molecule has 0 spiro atoms. The van der Waals surface area contributed by atoms with Crippen molar-refractivity contribution in [3.8, 4) is 5.75 Å². The number of nitrogens with one attached hydrogen (secondary N) is 1. The summed E-state index contributed by atoms with van der Waals surface area (Å²) in [5.74, 6) is 0.394. The van der Waals surface area contributed by atoms with Crippen LogP contribution in [0.2, 0.25) is 0 Å². The van der Waals surface area contributed by atoms with E-state index in [-0.39, 0.29) is 18.6 Å². The lowest BCUT2D eigenvalue weighted by Crippen LogP contribution is -2.32. The van der Waals surface area contributed by atoms with Crippen LogP contribution in [0.1, 0.15) is 40.9 Å². The van der Waals surface area contributed by atoms with Crippen molar-refractivity contribution in [3.63, 3.8) is 0 Å². The van der Waals surface area contributed by atoms with Crippen molar-refractivity contribution < 1.29 is 14.3 Å². The smallest absolute Gasteiger partial charge is 0.258 e. The first-order chi connectivity index (χ1) is 11.1. The summed E-state index contributed by atoms with van der Waals surface area (Å²) in [7, 11) is 0. The number of aryl methyl sites for hydroxylation is 1. The zero-order valence-electron chi connectivity index (χ0n) is 13.4. The van der Waals surface area contributed by atoms with Crippen molar-refractivity contribution >= 4 is 12.2 Å². The predicted octanol–water partition coefficient (Wildman–Crippen LogP) is 3.45. The third kappa shape index (κ3) is 4.95. The van der Waals surface area contributed by atoms with E-state index in [2.05, 4.69) is 5.32 Å². The molecule has 0 aliphatic rings. The van der Waals surface area contributed by atoms with E-state index in [0.29, 0.717) is 11.3 Å². The summed E-state index contributed by atoms with van der Waals surface area (Å²) in [6.45, 7) is 4.01. The first kappa shape index (κ1) is 16.7. The highest BCUT2D eigenvalue weighted by Gasteiger charge is 2.13. The number of amides is 1. The zero-order valence-corrected chi connectivity index (χ0v) is 13.4. The van der Waals surface area contributed by atoms with Crippen LogP contribution in [0.25, 0.3) is 0 Å². The van der Waals surface area contributed by atoms with Crippen LogP contribution < -0.4 is 10.1 Å². The molecule has 2 aromatic rings. The van der Waals surface area contributed by atoms with Gasteiger partial charge >= 0.3 is 0 Å². The van der Waals surface area contributed by atoms with Crippen LogP contribution in [0, 0.1) is 6.92 Å². The Bertz CT molecular complexity index is 647. The SMILES string of the molecule is CCC(NC(=O)COc1ccc(C=O)cc1)c1ccc(C)cc1. The monoisotopic (exact) mass is 311 g/mol. The van der Waals surface area contributed by atoms with E-state index in [4.69, 9.17) is 4.74 Å². The molecule has 4 heteroatoms. The van der Waals surface area contributed by atoms with Crippen LogP contribution in [0.3, 0.4) is 0 Å². The average molecular weight is 311 g/mol. The third-order valence-corrected chi connectivity index (χ3v) is 3.61. The lowest BCUT2D eigenvalue weighted by atomic mass is 10.0. The second kappa shape index (κ2) is 8.13. The summed E-state index contributed by atoms with van der Waals surface area (Å²) in [6, 6.07) is 14.8. The van der Waals surface area contributed by atoms with E-state index in [1.807, 2.05) is 38.1 Å². The van der Waals surface area contributed by atoms with Gasteiger partial charge in [0.2, 0.25) is 0 Å². The topological polar surface area (TPSA) is 55.4 Å². The van der Waals surface area contributed by atoms with Gasteiger partial charge in [0.25, 0.3) is 5.91 Å². The van der Waals surface area contributed by atoms with Gasteiger partial charge in [-0.15, -0.1) is 0 Å². The van der Waals surface area contributed by atoms with Crippen LogP contribution in [-0.4, -0.2) is 18.8 Å². The van der Waals surface area contributed by atoms with E-state index >= 15 is 0 Å². The number of hydrogen-bond donors (Lipinski definition) is 1. The number of carbonyl (C=O) groups is 2. The lowest BCUT2D eigenvalue weighted by Gasteiger charge is -2.18. The van der Waals surface area contributed by atoms with Crippen molar-refractivity contribution in [2.75, 3.05) is 6.61 Å². The quantitative estimate of drug-likeness (QED) is 0.797. The molecule has 4 nitrogen and oxygen atoms in total. The number of carbonyl (C=O) groups excluding carboxylic acids is 2. The second-order valence-corrected chi connectivity index (χ2v) is 5.41. The summed E-state index contributed by atoms with van der Waals surface area (Å²) in [5.41, 5.74) is 2.85. The van der Waals surface area contributed by atoms with Crippen LogP contribution >= 0.6 is 0 Å². The minimum atomic E-state index is -0.170. The molecular formula is C19H21NO3. The van der Waals surface area contributed by atoms with Gasteiger partial charge in [-0.1, -0.05) is 36.8 Å². The number of rotatable bonds is 7. The zero-order chi connectivity index (χ0) is 16.7. The molecule has 1 amide bonds. The van der Waals surface area contributed by atoms with Crippen LogP contribution in [0.15, 0.2) is 48.5 Å². The minimum absolute atomic E-state index is 0.0239. The lowest BCUT2D eigenvalue weighted by molar-refractivity contribution is -0.123. The molecule has 2 aromatic carbocycles. The summed E-state index contributed by atoms with van der Waals surface area (Å²) < 4.78 is 5.44. The van der Waals surface area contributed by atoms with Crippen molar-refractivity contribution in [3.05, 3.63) is 65.2 Å². The molecule has 120 valence electrons. The van der Waals surface area contributed by atoms with E-state index in [9.17, 15) is 9.59 Å². The van der Waals surface area contributed by atoms with E-state index < -0.39 is 0 Å². The predicted molar refractivity (Wildman–Crippen MR) is 89.7 cm³/mol. The molecule has 0 bridgehead atoms. The van der Waals surface area contributed by atoms with E-state index in [1.165, 1.54) is 5.56 Å². The summed E-state index contributed by atoms with van der Waals surface area (Å²) in [5, 5.41) is 2.98. The largest absolute Gasteiger partial charge is 0.484 e. The fourth-order valence-electron chi connectivity index (χ4n) is 2.25. The fraction of sp³-hybridized carbons (Fsp3) is 0.263. The summed E-state index contributed by atoms with van der Waals surface area (Å²) >= 11 is 0. The van der Waals surface area contributed by atoms with Gasteiger partial charge in [-0.3, -0.25) is 9.59 Å². The molecule has 0 radical (unpaired) electrons. The molecule has 0 aliphatic carbocycles. The molecule has 0 saturated carbocycles. The van der Waals surface area contributed by atoms with Gasteiger partial charge in [-0.2, -0.15) is 0 Å². The highest BCUT2D eigenvalue weighted by molar-refractivity contribution is 5.78. The van der Waals surface area contributed by atoms with Crippen molar-refractivity contribution in [1.29, 1.82) is 0 Å². The van der Waals surface area contributed by atoms with Gasteiger partial charge in [0, 0.05) is 5.56 Å². The molecule has 0 saturated heterocycles. The van der Waals surface area contributed by atoms with Gasteiger partial charge in [0.1, 0.15) is 12.0 Å². The number of hydrogen-bond acceptors (Lipinski definition) is 3. The summed E-state index contributed by atoms with van der Waals surface area (Å²) in [6.07, 6.45) is 1.58. The third-order valence-electron chi connectivity index (χ3n) is 3.61. The fourth-order valence-corrected chi connectivity index (χ4v) is 2.25. The highest BCUT2D eigenvalue weighted by atomic mass is 16.5. The Hall–Kier alpha value is -2.62. The Kier molecular flexibility index (Phi) is 5.92. The van der Waals surface area contributed by atoms with Crippen molar-refractivity contribution in [2.45, 2.75) is 26.3 Å². The molecule has 1 unspecified atom stereocenters. The second-order valence-electron chi connectivity index (χ2n) is 5.41. The Balaban J connectivity index is 1.89. The van der Waals surface area contributed by atoms with Crippen LogP contribution in [0.5, 0.6) is 5.75 Å². The molecule has 23 heavy (non-hydrogen) atoms. The Morgan fingerprint density at radius 3 is 2.35 bits per heavy atom. The Morgan fingerprint density at radius 2 is 1.78 bits per heavy atom. The van der Waals surface area contributed by atoms with Gasteiger partial charge in [0.15, 0.2) is 6.61 Å². The van der Waals surface area contributed by atoms with Crippen molar-refractivity contribution in [2.24, 2.45) is 0 Å². The van der Waals surface area contributed by atoms with Gasteiger partial charge < -0.3 is 10.1 Å². The number of ether oxygens (including phenoxy) is 1. The maximum absolute atomic E-state index is 12.1. The van der Waals surface area contributed by atoms with Gasteiger partial charge in [-0.05, 0) is 43.2 Å².